The number of aromatic nitrogens is 3. The van der Waals surface area contributed by atoms with E-state index in [0.29, 0.717) is 30.2 Å². The Morgan fingerprint density at radius 1 is 1.12 bits per heavy atom. The van der Waals surface area contributed by atoms with E-state index in [0.717, 1.165) is 23.0 Å². The molecule has 2 aromatic carbocycles. The smallest absolute Gasteiger partial charge is 0.254 e. The number of amides is 1. The average Bonchev–Trinajstić information content (AvgIpc) is 3.10. The van der Waals surface area contributed by atoms with Crippen LogP contribution >= 0.6 is 11.6 Å². The number of carbonyl (C=O) groups is 1. The molecule has 1 aliphatic heterocycles. The standard InChI is InChI=1S/C19H17ClN4O2/c1-26-16-7-5-13(6-8-16)18-22-21-17-12-23(9-10-24(17)18)19(25)14-3-2-4-15(20)11-14/h2-8,11H,9-10,12H2,1H3. The van der Waals surface area contributed by atoms with Gasteiger partial charge in [-0.15, -0.1) is 10.2 Å². The highest BCUT2D eigenvalue weighted by Crippen LogP contribution is 2.24. The second-order valence-electron chi connectivity index (χ2n) is 6.06. The van der Waals surface area contributed by atoms with Gasteiger partial charge in [-0.2, -0.15) is 0 Å². The van der Waals surface area contributed by atoms with E-state index < -0.39 is 0 Å². The van der Waals surface area contributed by atoms with Crippen molar-refractivity contribution in [3.63, 3.8) is 0 Å². The minimum absolute atomic E-state index is 0.0484. The molecule has 1 aromatic heterocycles. The van der Waals surface area contributed by atoms with Gasteiger partial charge in [-0.1, -0.05) is 17.7 Å². The molecule has 7 heteroatoms. The van der Waals surface area contributed by atoms with Gasteiger partial charge in [-0.25, -0.2) is 0 Å². The maximum atomic E-state index is 12.7. The fraction of sp³-hybridized carbons (Fsp3) is 0.211. The maximum absolute atomic E-state index is 12.7. The van der Waals surface area contributed by atoms with E-state index in [1.54, 1.807) is 36.3 Å². The van der Waals surface area contributed by atoms with Crippen molar-refractivity contribution in [1.82, 2.24) is 19.7 Å². The van der Waals surface area contributed by atoms with Crippen LogP contribution in [0.5, 0.6) is 5.75 Å². The summed E-state index contributed by atoms with van der Waals surface area (Å²) in [4.78, 5) is 14.5. The predicted octanol–water partition coefficient (Wildman–Crippen LogP) is 3.26. The van der Waals surface area contributed by atoms with Crippen molar-refractivity contribution in [2.24, 2.45) is 0 Å². The summed E-state index contributed by atoms with van der Waals surface area (Å²) in [5, 5.41) is 9.15. The molecule has 1 aliphatic rings. The highest BCUT2D eigenvalue weighted by molar-refractivity contribution is 6.30. The summed E-state index contributed by atoms with van der Waals surface area (Å²) in [5.74, 6) is 2.33. The number of halogens is 1. The fourth-order valence-corrected chi connectivity index (χ4v) is 3.28. The number of methoxy groups -OCH3 is 1. The number of ether oxygens (including phenoxy) is 1. The Bertz CT molecular complexity index is 952. The topological polar surface area (TPSA) is 60.3 Å². The first-order valence-corrected chi connectivity index (χ1v) is 8.65. The van der Waals surface area contributed by atoms with E-state index in [2.05, 4.69) is 14.8 Å². The van der Waals surface area contributed by atoms with Crippen LogP contribution in [0.2, 0.25) is 5.02 Å². The van der Waals surface area contributed by atoms with Crippen molar-refractivity contribution in [3.05, 3.63) is 64.9 Å². The molecule has 0 unspecified atom stereocenters. The molecule has 2 heterocycles. The lowest BCUT2D eigenvalue weighted by Gasteiger charge is -2.28. The number of fused-ring (bicyclic) bond motifs is 1. The Morgan fingerprint density at radius 3 is 2.65 bits per heavy atom. The van der Waals surface area contributed by atoms with Gasteiger partial charge in [0.15, 0.2) is 11.6 Å². The van der Waals surface area contributed by atoms with Crippen LogP contribution in [-0.4, -0.2) is 39.2 Å². The Morgan fingerprint density at radius 2 is 1.92 bits per heavy atom. The van der Waals surface area contributed by atoms with Crippen LogP contribution in [0.15, 0.2) is 48.5 Å². The van der Waals surface area contributed by atoms with Gasteiger partial charge < -0.3 is 14.2 Å². The highest BCUT2D eigenvalue weighted by atomic mass is 35.5. The highest BCUT2D eigenvalue weighted by Gasteiger charge is 2.25. The van der Waals surface area contributed by atoms with Gasteiger partial charge in [-0.3, -0.25) is 4.79 Å². The predicted molar refractivity (Wildman–Crippen MR) is 98.2 cm³/mol. The third kappa shape index (κ3) is 3.04. The SMILES string of the molecule is COc1ccc(-c2nnc3n2CCN(C(=O)c2cccc(Cl)c2)C3)cc1. The molecule has 0 atom stereocenters. The van der Waals surface area contributed by atoms with Crippen LogP contribution < -0.4 is 4.74 Å². The fourth-order valence-electron chi connectivity index (χ4n) is 3.09. The molecule has 0 saturated carbocycles. The first-order chi connectivity index (χ1) is 12.7. The quantitative estimate of drug-likeness (QED) is 0.712. The molecule has 0 saturated heterocycles. The number of hydrogen-bond donors (Lipinski definition) is 0. The van der Waals surface area contributed by atoms with Gasteiger partial charge in [-0.05, 0) is 42.5 Å². The van der Waals surface area contributed by atoms with Crippen LogP contribution in [0.4, 0.5) is 0 Å². The molecule has 132 valence electrons. The maximum Gasteiger partial charge on any atom is 0.254 e. The second-order valence-corrected chi connectivity index (χ2v) is 6.49. The number of benzene rings is 2. The van der Waals surface area contributed by atoms with Gasteiger partial charge in [0.1, 0.15) is 5.75 Å². The Hall–Kier alpha value is -2.86. The minimum atomic E-state index is -0.0484. The largest absolute Gasteiger partial charge is 0.497 e. The molecule has 1 amide bonds. The number of hydrogen-bond acceptors (Lipinski definition) is 4. The van der Waals surface area contributed by atoms with Gasteiger partial charge in [0.05, 0.1) is 13.7 Å². The third-order valence-corrected chi connectivity index (χ3v) is 4.70. The molecular weight excluding hydrogens is 352 g/mol. The summed E-state index contributed by atoms with van der Waals surface area (Å²) in [5.41, 5.74) is 1.56. The summed E-state index contributed by atoms with van der Waals surface area (Å²) in [6.45, 7) is 1.67. The van der Waals surface area contributed by atoms with E-state index >= 15 is 0 Å². The zero-order chi connectivity index (χ0) is 18.1. The molecule has 4 rings (SSSR count). The zero-order valence-electron chi connectivity index (χ0n) is 14.2. The third-order valence-electron chi connectivity index (χ3n) is 4.46. The Labute approximate surface area is 156 Å². The molecule has 26 heavy (non-hydrogen) atoms. The van der Waals surface area contributed by atoms with Crippen LogP contribution in [-0.2, 0) is 13.1 Å². The summed E-state index contributed by atoms with van der Waals surface area (Å²) < 4.78 is 7.25. The van der Waals surface area contributed by atoms with E-state index in [1.165, 1.54) is 0 Å². The Balaban J connectivity index is 1.57. The molecular formula is C19H17ClN4O2. The van der Waals surface area contributed by atoms with E-state index in [1.807, 2.05) is 24.3 Å². The number of nitrogens with zero attached hydrogens (tertiary/aromatic N) is 4. The van der Waals surface area contributed by atoms with Crippen LogP contribution in [0.1, 0.15) is 16.2 Å². The van der Waals surface area contributed by atoms with Crippen molar-refractivity contribution in [3.8, 4) is 17.1 Å². The lowest BCUT2D eigenvalue weighted by atomic mass is 10.1. The van der Waals surface area contributed by atoms with E-state index in [4.69, 9.17) is 16.3 Å². The summed E-state index contributed by atoms with van der Waals surface area (Å²) in [6.07, 6.45) is 0. The molecule has 0 bridgehead atoms. The lowest BCUT2D eigenvalue weighted by Crippen LogP contribution is -2.38. The van der Waals surface area contributed by atoms with Crippen molar-refractivity contribution >= 4 is 17.5 Å². The summed E-state index contributed by atoms with van der Waals surface area (Å²) in [7, 11) is 1.64. The summed E-state index contributed by atoms with van der Waals surface area (Å²) in [6, 6.07) is 14.7. The van der Waals surface area contributed by atoms with E-state index in [9.17, 15) is 4.79 Å². The first-order valence-electron chi connectivity index (χ1n) is 8.27. The van der Waals surface area contributed by atoms with Crippen LogP contribution in [0.3, 0.4) is 0 Å². The monoisotopic (exact) mass is 368 g/mol. The number of carbonyl (C=O) groups excluding carboxylic acids is 1. The van der Waals surface area contributed by atoms with Gasteiger partial charge >= 0.3 is 0 Å². The zero-order valence-corrected chi connectivity index (χ0v) is 15.0. The van der Waals surface area contributed by atoms with Crippen LogP contribution in [0, 0.1) is 0 Å². The average molecular weight is 369 g/mol. The van der Waals surface area contributed by atoms with Crippen molar-refractivity contribution in [2.75, 3.05) is 13.7 Å². The second kappa shape index (κ2) is 6.80. The van der Waals surface area contributed by atoms with Gasteiger partial charge in [0.2, 0.25) is 0 Å². The molecule has 6 nitrogen and oxygen atoms in total. The molecule has 0 spiro atoms. The molecule has 0 radical (unpaired) electrons. The van der Waals surface area contributed by atoms with Gasteiger partial charge in [0.25, 0.3) is 5.91 Å². The van der Waals surface area contributed by atoms with Gasteiger partial charge in [0, 0.05) is 29.2 Å². The molecule has 0 fully saturated rings. The Kier molecular flexibility index (Phi) is 4.34. The number of rotatable bonds is 3. The molecule has 3 aromatic rings. The molecule has 0 N–H and O–H groups in total. The van der Waals surface area contributed by atoms with Crippen LogP contribution in [0.25, 0.3) is 11.4 Å². The van der Waals surface area contributed by atoms with E-state index in [-0.39, 0.29) is 5.91 Å². The minimum Gasteiger partial charge on any atom is -0.497 e. The lowest BCUT2D eigenvalue weighted by molar-refractivity contribution is 0.0708. The normalized spacial score (nSPS) is 13.4. The van der Waals surface area contributed by atoms with Crippen molar-refractivity contribution in [1.29, 1.82) is 0 Å². The molecule has 0 aliphatic carbocycles. The van der Waals surface area contributed by atoms with Crippen molar-refractivity contribution in [2.45, 2.75) is 13.1 Å². The summed E-state index contributed by atoms with van der Waals surface area (Å²) >= 11 is 6.00. The van der Waals surface area contributed by atoms with Crippen molar-refractivity contribution < 1.29 is 9.53 Å². The first kappa shape index (κ1) is 16.6.